The van der Waals surface area contributed by atoms with E-state index in [2.05, 4.69) is 0 Å². The van der Waals surface area contributed by atoms with E-state index in [0.717, 1.165) is 5.56 Å². The van der Waals surface area contributed by atoms with Gasteiger partial charge in [0.1, 0.15) is 4.87 Å². The lowest BCUT2D eigenvalue weighted by atomic mass is 10.00. The van der Waals surface area contributed by atoms with Gasteiger partial charge >= 0.3 is 0 Å². The summed E-state index contributed by atoms with van der Waals surface area (Å²) < 4.78 is 0. The number of nitrogens with zero attached hydrogens (tertiary/aromatic N) is 1. The minimum Gasteiger partial charge on any atom is -0.548 e. The summed E-state index contributed by atoms with van der Waals surface area (Å²) in [4.78, 5) is 24.2. The molecule has 0 spiro atoms. The van der Waals surface area contributed by atoms with E-state index in [1.807, 2.05) is 37.3 Å². The van der Waals surface area contributed by atoms with Crippen molar-refractivity contribution in [2.45, 2.75) is 24.3 Å². The molecule has 2 atom stereocenters. The van der Waals surface area contributed by atoms with Crippen LogP contribution in [-0.4, -0.2) is 35.1 Å². The third-order valence-corrected chi connectivity index (χ3v) is 5.28. The first-order valence-electron chi connectivity index (χ1n) is 6.49. The van der Waals surface area contributed by atoms with Crippen LogP contribution in [0.5, 0.6) is 0 Å². The average molecular weight is 374 g/mol. The fourth-order valence-corrected chi connectivity index (χ4v) is 4.25. The van der Waals surface area contributed by atoms with Gasteiger partial charge in [-0.15, -0.1) is 28.7 Å². The molecule has 1 aromatic carbocycles. The van der Waals surface area contributed by atoms with Crippen LogP contribution in [-0.2, 0) is 14.5 Å². The minimum absolute atomic E-state index is 0. The molecule has 1 amide bonds. The number of carbonyl (C=O) groups is 2. The van der Waals surface area contributed by atoms with Crippen LogP contribution in [0.1, 0.15) is 18.9 Å². The van der Waals surface area contributed by atoms with Gasteiger partial charge in [0.15, 0.2) is 0 Å². The summed E-state index contributed by atoms with van der Waals surface area (Å²) in [5, 5.41) is 11.3. The molecule has 2 unspecified atom stereocenters. The zero-order valence-electron chi connectivity index (χ0n) is 11.7. The van der Waals surface area contributed by atoms with Gasteiger partial charge in [-0.2, -0.15) is 0 Å². The first-order chi connectivity index (χ1) is 9.56. The number of carboxylic acids is 1. The standard InChI is InChI=1S/C14H18N2O3S.BrH/c1-2-14(10-6-4-3-5-7-10)16(12(17)8-15)11(9-20-14)13(18)19;/h3-7,11H,2,8-9,15H2,1H3,(H,18,19);1H/p-1. The third-order valence-electron chi connectivity index (χ3n) is 3.60. The lowest BCUT2D eigenvalue weighted by Crippen LogP contribution is -2.55. The smallest absolute Gasteiger partial charge is 0.238 e. The van der Waals surface area contributed by atoms with Crippen LogP contribution in [0.3, 0.4) is 0 Å². The Kier molecular flexibility index (Phi) is 6.24. The van der Waals surface area contributed by atoms with Crippen molar-refractivity contribution in [3.63, 3.8) is 0 Å². The molecule has 21 heavy (non-hydrogen) atoms. The molecule has 1 aliphatic rings. The van der Waals surface area contributed by atoms with Gasteiger partial charge in [0.05, 0.1) is 18.6 Å². The molecular weight excluding hydrogens is 356 g/mol. The van der Waals surface area contributed by atoms with E-state index in [0.29, 0.717) is 12.2 Å². The zero-order valence-corrected chi connectivity index (χ0v) is 14.2. The highest BCUT2D eigenvalue weighted by Gasteiger charge is 2.49. The molecule has 1 heterocycles. The molecule has 0 saturated carbocycles. The SMILES string of the molecule is Br.CCC1(c2ccccc2)SCC(C(=O)[O-])N1C(=O)CN. The molecule has 1 saturated heterocycles. The van der Waals surface area contributed by atoms with Gasteiger partial charge in [-0.05, 0) is 12.0 Å². The number of aliphatic carboxylic acids is 1. The zero-order chi connectivity index (χ0) is 14.8. The number of carbonyl (C=O) groups excluding carboxylic acids is 2. The second-order valence-corrected chi connectivity index (χ2v) is 5.92. The van der Waals surface area contributed by atoms with Crippen LogP contribution in [0.25, 0.3) is 0 Å². The quantitative estimate of drug-likeness (QED) is 0.829. The summed E-state index contributed by atoms with van der Waals surface area (Å²) in [7, 11) is 0. The Labute approximate surface area is 138 Å². The molecular formula is C14H18BrN2O3S-. The van der Waals surface area contributed by atoms with Gasteiger partial charge in [-0.3, -0.25) is 4.79 Å². The van der Waals surface area contributed by atoms with Crippen molar-refractivity contribution in [1.29, 1.82) is 0 Å². The summed E-state index contributed by atoms with van der Waals surface area (Å²) in [5.41, 5.74) is 6.37. The fourth-order valence-electron chi connectivity index (χ4n) is 2.66. The van der Waals surface area contributed by atoms with Crippen LogP contribution in [0, 0.1) is 0 Å². The Morgan fingerprint density at radius 3 is 2.52 bits per heavy atom. The molecule has 116 valence electrons. The number of rotatable bonds is 4. The number of nitrogens with two attached hydrogens (primary N) is 1. The molecule has 0 aromatic heterocycles. The second-order valence-electron chi connectivity index (χ2n) is 4.62. The van der Waals surface area contributed by atoms with E-state index < -0.39 is 16.9 Å². The van der Waals surface area contributed by atoms with Gasteiger partial charge in [0, 0.05) is 5.75 Å². The maximum absolute atomic E-state index is 12.2. The van der Waals surface area contributed by atoms with Crippen molar-refractivity contribution in [3.05, 3.63) is 35.9 Å². The molecule has 2 N–H and O–H groups in total. The summed E-state index contributed by atoms with van der Waals surface area (Å²) >= 11 is 1.46. The number of carboxylic acid groups (broad SMARTS) is 1. The minimum atomic E-state index is -1.23. The Balaban J connectivity index is 0.00000220. The maximum Gasteiger partial charge on any atom is 0.238 e. The number of amides is 1. The highest BCUT2D eigenvalue weighted by molar-refractivity contribution is 8.93. The summed E-state index contributed by atoms with van der Waals surface area (Å²) in [6.45, 7) is 1.73. The third kappa shape index (κ3) is 3.09. The van der Waals surface area contributed by atoms with Crippen molar-refractivity contribution in [3.8, 4) is 0 Å². The molecule has 7 heteroatoms. The second kappa shape index (κ2) is 7.29. The summed E-state index contributed by atoms with van der Waals surface area (Å²) in [6, 6.07) is 8.53. The van der Waals surface area contributed by atoms with Gasteiger partial charge in [-0.1, -0.05) is 37.3 Å². The largest absolute Gasteiger partial charge is 0.548 e. The first kappa shape index (κ1) is 18.0. The molecule has 2 rings (SSSR count). The van der Waals surface area contributed by atoms with Crippen LogP contribution in [0.2, 0.25) is 0 Å². The Bertz CT molecular complexity index is 514. The van der Waals surface area contributed by atoms with E-state index in [1.54, 1.807) is 0 Å². The Morgan fingerprint density at radius 2 is 2.05 bits per heavy atom. The van der Waals surface area contributed by atoms with E-state index in [-0.39, 0.29) is 29.4 Å². The van der Waals surface area contributed by atoms with Crippen molar-refractivity contribution >= 4 is 40.6 Å². The lowest BCUT2D eigenvalue weighted by molar-refractivity contribution is -0.310. The van der Waals surface area contributed by atoms with Crippen LogP contribution in [0.4, 0.5) is 0 Å². The fraction of sp³-hybridized carbons (Fsp3) is 0.429. The average Bonchev–Trinajstić information content (AvgIpc) is 2.88. The lowest BCUT2D eigenvalue weighted by Gasteiger charge is -2.40. The predicted molar refractivity (Wildman–Crippen MR) is 85.9 cm³/mol. The molecule has 0 bridgehead atoms. The Morgan fingerprint density at radius 1 is 1.43 bits per heavy atom. The molecule has 5 nitrogen and oxygen atoms in total. The monoisotopic (exact) mass is 373 g/mol. The molecule has 1 fully saturated rings. The van der Waals surface area contributed by atoms with Gasteiger partial charge in [0.25, 0.3) is 0 Å². The van der Waals surface area contributed by atoms with Crippen molar-refractivity contribution in [2.24, 2.45) is 5.73 Å². The van der Waals surface area contributed by atoms with Crippen molar-refractivity contribution in [2.75, 3.05) is 12.3 Å². The topological polar surface area (TPSA) is 86.5 Å². The van der Waals surface area contributed by atoms with Gasteiger partial charge < -0.3 is 20.5 Å². The first-order valence-corrected chi connectivity index (χ1v) is 7.48. The van der Waals surface area contributed by atoms with Crippen LogP contribution < -0.4 is 10.8 Å². The van der Waals surface area contributed by atoms with E-state index in [1.165, 1.54) is 16.7 Å². The number of hydrogen-bond acceptors (Lipinski definition) is 5. The summed E-state index contributed by atoms with van der Waals surface area (Å²) in [5.74, 6) is -1.28. The number of halogens is 1. The number of benzene rings is 1. The van der Waals surface area contributed by atoms with E-state index in [4.69, 9.17) is 5.73 Å². The summed E-state index contributed by atoms with van der Waals surface area (Å²) in [6.07, 6.45) is 0.608. The maximum atomic E-state index is 12.2. The van der Waals surface area contributed by atoms with Crippen LogP contribution >= 0.6 is 28.7 Å². The normalized spacial score (nSPS) is 24.5. The van der Waals surface area contributed by atoms with Crippen molar-refractivity contribution < 1.29 is 14.7 Å². The van der Waals surface area contributed by atoms with Crippen LogP contribution in [0.15, 0.2) is 30.3 Å². The predicted octanol–water partition coefficient (Wildman–Crippen LogP) is 0.480. The van der Waals surface area contributed by atoms with Gasteiger partial charge in [0.2, 0.25) is 5.91 Å². The molecule has 0 aliphatic carbocycles. The highest BCUT2D eigenvalue weighted by Crippen LogP contribution is 2.49. The Hall–Kier alpha value is -1.05. The molecule has 1 aromatic rings. The molecule has 0 radical (unpaired) electrons. The highest BCUT2D eigenvalue weighted by atomic mass is 79.9. The number of hydrogen-bond donors (Lipinski definition) is 1. The van der Waals surface area contributed by atoms with E-state index in [9.17, 15) is 14.7 Å². The van der Waals surface area contributed by atoms with Gasteiger partial charge in [-0.25, -0.2) is 0 Å². The van der Waals surface area contributed by atoms with E-state index >= 15 is 0 Å². The number of thioether (sulfide) groups is 1. The van der Waals surface area contributed by atoms with Crippen molar-refractivity contribution in [1.82, 2.24) is 4.90 Å². The molecule has 1 aliphatic heterocycles.